The number of hydrogen-bond acceptors (Lipinski definition) is 0. The van der Waals surface area contributed by atoms with E-state index in [0.717, 1.165) is 6.04 Å². The first kappa shape index (κ1) is 8.76. The second-order valence-corrected chi connectivity index (χ2v) is 4.06. The topological polar surface area (TPSA) is 16.6 Å². The lowest BCUT2D eigenvalue weighted by molar-refractivity contribution is -0.669. The molecule has 0 unspecified atom stereocenters. The van der Waals surface area contributed by atoms with Gasteiger partial charge in [0.15, 0.2) is 0 Å². The van der Waals surface area contributed by atoms with E-state index < -0.39 is 0 Å². The minimum Gasteiger partial charge on any atom is -0.344 e. The van der Waals surface area contributed by atoms with Gasteiger partial charge in [0.05, 0.1) is 12.6 Å². The molecule has 2 rings (SSSR count). The molecule has 1 nitrogen and oxygen atoms in total. The van der Waals surface area contributed by atoms with Crippen molar-refractivity contribution in [3.05, 3.63) is 35.4 Å². The van der Waals surface area contributed by atoms with Gasteiger partial charge >= 0.3 is 0 Å². The summed E-state index contributed by atoms with van der Waals surface area (Å²) in [7, 11) is 0. The second-order valence-electron chi connectivity index (χ2n) is 4.06. The summed E-state index contributed by atoms with van der Waals surface area (Å²) < 4.78 is 0. The van der Waals surface area contributed by atoms with Crippen LogP contribution >= 0.6 is 0 Å². The molecule has 1 aromatic rings. The molecule has 1 aromatic carbocycles. The molecule has 1 atom stereocenters. The standard InChI is InChI=1S/C12H17N/c1-10-5-2-3-6-11(10)9-12-7-4-8-13-12/h2-3,5-6,12-13H,4,7-9H2,1H3/p+1/t12-/m1/s1. The first-order valence-corrected chi connectivity index (χ1v) is 5.24. The van der Waals surface area contributed by atoms with Gasteiger partial charge in [0, 0.05) is 19.3 Å². The highest BCUT2D eigenvalue weighted by Gasteiger charge is 2.18. The van der Waals surface area contributed by atoms with Crippen molar-refractivity contribution in [2.24, 2.45) is 0 Å². The molecule has 1 aliphatic heterocycles. The van der Waals surface area contributed by atoms with E-state index in [-0.39, 0.29) is 0 Å². The Balaban J connectivity index is 2.04. The van der Waals surface area contributed by atoms with E-state index in [9.17, 15) is 0 Å². The maximum Gasteiger partial charge on any atom is 0.0902 e. The van der Waals surface area contributed by atoms with Crippen LogP contribution in [-0.2, 0) is 6.42 Å². The fraction of sp³-hybridized carbons (Fsp3) is 0.500. The van der Waals surface area contributed by atoms with Crippen molar-refractivity contribution in [3.63, 3.8) is 0 Å². The number of hydrogen-bond donors (Lipinski definition) is 1. The van der Waals surface area contributed by atoms with Crippen molar-refractivity contribution in [2.75, 3.05) is 6.54 Å². The predicted molar refractivity (Wildman–Crippen MR) is 54.7 cm³/mol. The van der Waals surface area contributed by atoms with Gasteiger partial charge in [-0.15, -0.1) is 0 Å². The van der Waals surface area contributed by atoms with Crippen LogP contribution in [0.5, 0.6) is 0 Å². The zero-order valence-electron chi connectivity index (χ0n) is 8.29. The van der Waals surface area contributed by atoms with Crippen molar-refractivity contribution in [1.29, 1.82) is 0 Å². The van der Waals surface area contributed by atoms with Crippen LogP contribution in [0.25, 0.3) is 0 Å². The molecule has 0 amide bonds. The van der Waals surface area contributed by atoms with Crippen molar-refractivity contribution < 1.29 is 5.32 Å². The van der Waals surface area contributed by atoms with Gasteiger partial charge in [-0.3, -0.25) is 0 Å². The molecule has 13 heavy (non-hydrogen) atoms. The van der Waals surface area contributed by atoms with Crippen LogP contribution in [0.15, 0.2) is 24.3 Å². The minimum atomic E-state index is 0.848. The highest BCUT2D eigenvalue weighted by molar-refractivity contribution is 5.26. The lowest BCUT2D eigenvalue weighted by Gasteiger charge is -2.09. The molecular weight excluding hydrogens is 158 g/mol. The SMILES string of the molecule is Cc1ccccc1C[C@H]1CCC[NH2+]1. The fourth-order valence-electron chi connectivity index (χ4n) is 2.16. The van der Waals surface area contributed by atoms with Gasteiger partial charge in [-0.2, -0.15) is 0 Å². The van der Waals surface area contributed by atoms with Gasteiger partial charge in [0.25, 0.3) is 0 Å². The van der Waals surface area contributed by atoms with E-state index in [1.807, 2.05) is 0 Å². The number of benzene rings is 1. The molecule has 1 fully saturated rings. The summed E-state index contributed by atoms with van der Waals surface area (Å²) in [6, 6.07) is 9.60. The van der Waals surface area contributed by atoms with Crippen LogP contribution in [0.1, 0.15) is 24.0 Å². The Hall–Kier alpha value is -0.820. The number of rotatable bonds is 2. The summed E-state index contributed by atoms with van der Waals surface area (Å²) in [5.74, 6) is 0. The van der Waals surface area contributed by atoms with Gasteiger partial charge in [-0.05, 0) is 18.1 Å². The quantitative estimate of drug-likeness (QED) is 0.698. The van der Waals surface area contributed by atoms with Crippen molar-refractivity contribution in [1.82, 2.24) is 0 Å². The fourth-order valence-corrected chi connectivity index (χ4v) is 2.16. The second kappa shape index (κ2) is 3.93. The molecule has 1 heteroatoms. The molecule has 0 saturated carbocycles. The maximum absolute atomic E-state index is 2.49. The van der Waals surface area contributed by atoms with Crippen LogP contribution in [-0.4, -0.2) is 12.6 Å². The molecule has 70 valence electrons. The van der Waals surface area contributed by atoms with E-state index in [1.165, 1.54) is 36.9 Å². The molecule has 1 saturated heterocycles. The summed E-state index contributed by atoms with van der Waals surface area (Å²) in [5, 5.41) is 2.49. The van der Waals surface area contributed by atoms with Crippen LogP contribution in [0.2, 0.25) is 0 Å². The van der Waals surface area contributed by atoms with E-state index in [1.54, 1.807) is 0 Å². The average molecular weight is 176 g/mol. The molecular formula is C12H18N+. The van der Waals surface area contributed by atoms with Gasteiger partial charge in [-0.25, -0.2) is 0 Å². The van der Waals surface area contributed by atoms with Gasteiger partial charge in [-0.1, -0.05) is 24.3 Å². The molecule has 0 spiro atoms. The smallest absolute Gasteiger partial charge is 0.0902 e. The van der Waals surface area contributed by atoms with Crippen molar-refractivity contribution >= 4 is 0 Å². The van der Waals surface area contributed by atoms with E-state index >= 15 is 0 Å². The third-order valence-electron chi connectivity index (χ3n) is 3.02. The summed E-state index contributed by atoms with van der Waals surface area (Å²) >= 11 is 0. The highest BCUT2D eigenvalue weighted by atomic mass is 14.9. The molecule has 1 aliphatic rings. The zero-order valence-corrected chi connectivity index (χ0v) is 8.29. The number of nitrogens with two attached hydrogens (primary N) is 1. The Morgan fingerprint density at radius 3 is 2.92 bits per heavy atom. The molecule has 0 radical (unpaired) electrons. The summed E-state index contributed by atoms with van der Waals surface area (Å²) in [5.41, 5.74) is 2.98. The molecule has 1 heterocycles. The predicted octanol–water partition coefficient (Wildman–Crippen LogP) is 1.26. The number of aryl methyl sites for hydroxylation is 1. The van der Waals surface area contributed by atoms with Crippen LogP contribution in [0, 0.1) is 6.92 Å². The zero-order chi connectivity index (χ0) is 9.10. The average Bonchev–Trinajstić information content (AvgIpc) is 2.61. The Kier molecular flexibility index (Phi) is 2.65. The van der Waals surface area contributed by atoms with Crippen LogP contribution in [0.3, 0.4) is 0 Å². The Morgan fingerprint density at radius 1 is 1.38 bits per heavy atom. The van der Waals surface area contributed by atoms with E-state index in [4.69, 9.17) is 0 Å². The summed E-state index contributed by atoms with van der Waals surface area (Å²) in [6.45, 7) is 3.54. The Morgan fingerprint density at radius 2 is 2.23 bits per heavy atom. The third-order valence-corrected chi connectivity index (χ3v) is 3.02. The first-order chi connectivity index (χ1) is 6.36. The summed E-state index contributed by atoms with van der Waals surface area (Å²) in [4.78, 5) is 0. The van der Waals surface area contributed by atoms with Crippen LogP contribution < -0.4 is 5.32 Å². The van der Waals surface area contributed by atoms with Gasteiger partial charge < -0.3 is 5.32 Å². The molecule has 0 aliphatic carbocycles. The van der Waals surface area contributed by atoms with Gasteiger partial charge in [0.1, 0.15) is 0 Å². The largest absolute Gasteiger partial charge is 0.344 e. The maximum atomic E-state index is 2.49. The third kappa shape index (κ3) is 2.10. The van der Waals surface area contributed by atoms with E-state index in [2.05, 4.69) is 36.5 Å². The first-order valence-electron chi connectivity index (χ1n) is 5.24. The minimum absolute atomic E-state index is 0.848. The Labute approximate surface area is 80.2 Å². The van der Waals surface area contributed by atoms with Gasteiger partial charge in [0.2, 0.25) is 0 Å². The normalized spacial score (nSPS) is 22.1. The monoisotopic (exact) mass is 176 g/mol. The lowest BCUT2D eigenvalue weighted by Crippen LogP contribution is -2.87. The van der Waals surface area contributed by atoms with Crippen molar-refractivity contribution in [2.45, 2.75) is 32.2 Å². The Bertz CT molecular complexity index is 274. The van der Waals surface area contributed by atoms with E-state index in [0.29, 0.717) is 0 Å². The summed E-state index contributed by atoms with van der Waals surface area (Å²) in [6.07, 6.45) is 4.05. The number of quaternary nitrogens is 1. The molecule has 2 N–H and O–H groups in total. The molecule has 0 aromatic heterocycles. The molecule has 0 bridgehead atoms. The highest BCUT2D eigenvalue weighted by Crippen LogP contribution is 2.11. The van der Waals surface area contributed by atoms with Crippen LogP contribution in [0.4, 0.5) is 0 Å². The van der Waals surface area contributed by atoms with Crippen molar-refractivity contribution in [3.8, 4) is 0 Å². The lowest BCUT2D eigenvalue weighted by atomic mass is 10.0.